The molecule has 0 saturated heterocycles. The standard InChI is InChI=1S/C17H30N4/c1-6-18-14-11-15(20-16(19-14)17(3,4)5)21(7-2)12-13-9-8-10-13/h11,13H,6-10,12H2,1-5H3,(H,18,19,20). The molecule has 118 valence electrons. The van der Waals surface area contributed by atoms with Gasteiger partial charge in [0, 0.05) is 31.1 Å². The average molecular weight is 290 g/mol. The molecule has 21 heavy (non-hydrogen) atoms. The highest BCUT2D eigenvalue weighted by molar-refractivity contribution is 5.50. The fourth-order valence-electron chi connectivity index (χ4n) is 2.58. The lowest BCUT2D eigenvalue weighted by atomic mass is 9.85. The molecule has 1 aromatic rings. The second-order valence-corrected chi connectivity index (χ2v) is 7.05. The van der Waals surface area contributed by atoms with Crippen LogP contribution in [0.5, 0.6) is 0 Å². The molecular weight excluding hydrogens is 260 g/mol. The molecule has 4 heteroatoms. The van der Waals surface area contributed by atoms with E-state index in [0.717, 1.165) is 43.0 Å². The number of hydrogen-bond donors (Lipinski definition) is 1. The van der Waals surface area contributed by atoms with Crippen molar-refractivity contribution < 1.29 is 0 Å². The molecule has 2 rings (SSSR count). The zero-order valence-corrected chi connectivity index (χ0v) is 14.2. The maximum Gasteiger partial charge on any atom is 0.138 e. The van der Waals surface area contributed by atoms with Gasteiger partial charge < -0.3 is 10.2 Å². The molecule has 0 aliphatic heterocycles. The van der Waals surface area contributed by atoms with Crippen LogP contribution in [0, 0.1) is 5.92 Å². The van der Waals surface area contributed by atoms with Gasteiger partial charge in [-0.15, -0.1) is 0 Å². The van der Waals surface area contributed by atoms with E-state index in [2.05, 4.69) is 55.9 Å². The fraction of sp³-hybridized carbons (Fsp3) is 0.765. The minimum absolute atomic E-state index is 0.0317. The zero-order valence-electron chi connectivity index (χ0n) is 14.2. The summed E-state index contributed by atoms with van der Waals surface area (Å²) in [5.74, 6) is 3.78. The van der Waals surface area contributed by atoms with Crippen molar-refractivity contribution in [3.8, 4) is 0 Å². The smallest absolute Gasteiger partial charge is 0.138 e. The van der Waals surface area contributed by atoms with E-state index in [0.29, 0.717) is 0 Å². The Labute approximate surface area is 129 Å². The van der Waals surface area contributed by atoms with Crippen LogP contribution in [0.15, 0.2) is 6.07 Å². The second kappa shape index (κ2) is 6.63. The summed E-state index contributed by atoms with van der Waals surface area (Å²) in [6.45, 7) is 13.8. The molecule has 0 aromatic carbocycles. The first-order valence-corrected chi connectivity index (χ1v) is 8.32. The lowest BCUT2D eigenvalue weighted by Crippen LogP contribution is -2.33. The monoisotopic (exact) mass is 290 g/mol. The summed E-state index contributed by atoms with van der Waals surface area (Å²) in [6, 6.07) is 2.10. The van der Waals surface area contributed by atoms with E-state index in [-0.39, 0.29) is 5.41 Å². The number of anilines is 2. The second-order valence-electron chi connectivity index (χ2n) is 7.05. The average Bonchev–Trinajstić information content (AvgIpc) is 2.36. The Balaban J connectivity index is 2.28. The summed E-state index contributed by atoms with van der Waals surface area (Å²) in [6.07, 6.45) is 4.13. The molecule has 1 aliphatic rings. The van der Waals surface area contributed by atoms with E-state index >= 15 is 0 Å². The summed E-state index contributed by atoms with van der Waals surface area (Å²) in [5.41, 5.74) is -0.0317. The van der Waals surface area contributed by atoms with Crippen molar-refractivity contribution in [3.05, 3.63) is 11.9 Å². The highest BCUT2D eigenvalue weighted by atomic mass is 15.2. The van der Waals surface area contributed by atoms with Crippen LogP contribution in [0.2, 0.25) is 0 Å². The number of nitrogens with zero attached hydrogens (tertiary/aromatic N) is 3. The lowest BCUT2D eigenvalue weighted by molar-refractivity contribution is 0.318. The molecule has 1 heterocycles. The van der Waals surface area contributed by atoms with Gasteiger partial charge in [-0.25, -0.2) is 9.97 Å². The van der Waals surface area contributed by atoms with Crippen molar-refractivity contribution in [1.82, 2.24) is 9.97 Å². The molecule has 1 aliphatic carbocycles. The number of aromatic nitrogens is 2. The normalized spacial score (nSPS) is 15.7. The Morgan fingerprint density at radius 1 is 1.24 bits per heavy atom. The Kier molecular flexibility index (Phi) is 5.07. The van der Waals surface area contributed by atoms with Gasteiger partial charge in [0.1, 0.15) is 17.5 Å². The molecule has 1 fully saturated rings. The van der Waals surface area contributed by atoms with Gasteiger partial charge >= 0.3 is 0 Å². The van der Waals surface area contributed by atoms with Crippen molar-refractivity contribution >= 4 is 11.6 Å². The molecule has 0 atom stereocenters. The van der Waals surface area contributed by atoms with Crippen LogP contribution in [0.1, 0.15) is 59.7 Å². The topological polar surface area (TPSA) is 41.0 Å². The maximum atomic E-state index is 4.84. The predicted molar refractivity (Wildman–Crippen MR) is 90.1 cm³/mol. The summed E-state index contributed by atoms with van der Waals surface area (Å²) in [4.78, 5) is 11.9. The van der Waals surface area contributed by atoms with Gasteiger partial charge in [0.05, 0.1) is 0 Å². The minimum Gasteiger partial charge on any atom is -0.370 e. The van der Waals surface area contributed by atoms with Gasteiger partial charge in [-0.2, -0.15) is 0 Å². The van der Waals surface area contributed by atoms with Crippen LogP contribution in [0.4, 0.5) is 11.6 Å². The van der Waals surface area contributed by atoms with Gasteiger partial charge in [0.2, 0.25) is 0 Å². The summed E-state index contributed by atoms with van der Waals surface area (Å²) in [7, 11) is 0. The Morgan fingerprint density at radius 3 is 2.43 bits per heavy atom. The van der Waals surface area contributed by atoms with Gasteiger partial charge in [0.25, 0.3) is 0 Å². The predicted octanol–water partition coefficient (Wildman–Crippen LogP) is 3.83. The van der Waals surface area contributed by atoms with E-state index < -0.39 is 0 Å². The molecular formula is C17H30N4. The minimum atomic E-state index is -0.0317. The SMILES string of the molecule is CCNc1cc(N(CC)CC2CCC2)nc(C(C)(C)C)n1. The van der Waals surface area contributed by atoms with Crippen LogP contribution in [0.3, 0.4) is 0 Å². The van der Waals surface area contributed by atoms with Crippen LogP contribution >= 0.6 is 0 Å². The van der Waals surface area contributed by atoms with Crippen molar-refractivity contribution in [2.75, 3.05) is 29.9 Å². The third kappa shape index (κ3) is 4.08. The number of rotatable bonds is 6. The Morgan fingerprint density at radius 2 is 1.95 bits per heavy atom. The molecule has 1 saturated carbocycles. The Hall–Kier alpha value is -1.32. The van der Waals surface area contributed by atoms with Crippen molar-refractivity contribution in [2.45, 2.75) is 59.3 Å². The van der Waals surface area contributed by atoms with Crippen molar-refractivity contribution in [1.29, 1.82) is 0 Å². The molecule has 0 unspecified atom stereocenters. The van der Waals surface area contributed by atoms with Crippen LogP contribution in [0.25, 0.3) is 0 Å². The van der Waals surface area contributed by atoms with Crippen molar-refractivity contribution in [2.24, 2.45) is 5.92 Å². The number of hydrogen-bond acceptors (Lipinski definition) is 4. The third-order valence-electron chi connectivity index (χ3n) is 4.15. The van der Waals surface area contributed by atoms with E-state index in [1.807, 2.05) is 0 Å². The van der Waals surface area contributed by atoms with Gasteiger partial charge in [-0.05, 0) is 32.6 Å². The van der Waals surface area contributed by atoms with Crippen LogP contribution in [-0.4, -0.2) is 29.6 Å². The first-order valence-electron chi connectivity index (χ1n) is 8.32. The molecule has 0 bridgehead atoms. The summed E-state index contributed by atoms with van der Waals surface area (Å²) in [5, 5.41) is 3.34. The van der Waals surface area contributed by atoms with Gasteiger partial charge in [0.15, 0.2) is 0 Å². The Bertz CT molecular complexity index is 460. The summed E-state index contributed by atoms with van der Waals surface area (Å²) < 4.78 is 0. The van der Waals surface area contributed by atoms with E-state index in [9.17, 15) is 0 Å². The molecule has 1 aromatic heterocycles. The van der Waals surface area contributed by atoms with Crippen molar-refractivity contribution in [3.63, 3.8) is 0 Å². The molecule has 0 amide bonds. The van der Waals surface area contributed by atoms with Gasteiger partial charge in [-0.1, -0.05) is 27.2 Å². The van der Waals surface area contributed by atoms with E-state index in [1.54, 1.807) is 0 Å². The molecule has 4 nitrogen and oxygen atoms in total. The first kappa shape index (κ1) is 16.1. The quantitative estimate of drug-likeness (QED) is 0.864. The number of nitrogens with one attached hydrogen (secondary N) is 1. The van der Waals surface area contributed by atoms with Crippen LogP contribution in [-0.2, 0) is 5.41 Å². The molecule has 0 spiro atoms. The zero-order chi connectivity index (χ0) is 15.5. The highest BCUT2D eigenvalue weighted by Crippen LogP contribution is 2.30. The maximum absolute atomic E-state index is 4.84. The van der Waals surface area contributed by atoms with E-state index in [4.69, 9.17) is 4.98 Å². The summed E-state index contributed by atoms with van der Waals surface area (Å²) >= 11 is 0. The molecule has 0 radical (unpaired) electrons. The van der Waals surface area contributed by atoms with Gasteiger partial charge in [-0.3, -0.25) is 0 Å². The first-order chi connectivity index (χ1) is 9.94. The van der Waals surface area contributed by atoms with Crippen LogP contribution < -0.4 is 10.2 Å². The van der Waals surface area contributed by atoms with E-state index in [1.165, 1.54) is 19.3 Å². The highest BCUT2D eigenvalue weighted by Gasteiger charge is 2.23. The third-order valence-corrected chi connectivity index (χ3v) is 4.15. The lowest BCUT2D eigenvalue weighted by Gasteiger charge is -2.33. The fourth-order valence-corrected chi connectivity index (χ4v) is 2.58. The molecule has 1 N–H and O–H groups in total. The largest absolute Gasteiger partial charge is 0.370 e.